The van der Waals surface area contributed by atoms with E-state index in [9.17, 15) is 14.7 Å². The van der Waals surface area contributed by atoms with E-state index in [2.05, 4.69) is 0 Å². The molecule has 0 atom stereocenters. The lowest BCUT2D eigenvalue weighted by molar-refractivity contribution is -0.162. The lowest BCUT2D eigenvalue weighted by Gasteiger charge is -2.27. The number of hydrogen-bond acceptors (Lipinski definition) is 5. The van der Waals surface area contributed by atoms with E-state index in [-0.39, 0.29) is 18.0 Å². The molecule has 0 fully saturated rings. The Labute approximate surface area is 155 Å². The zero-order chi connectivity index (χ0) is 18.6. The maximum Gasteiger partial charge on any atom is 0.347 e. The van der Waals surface area contributed by atoms with E-state index >= 15 is 0 Å². The van der Waals surface area contributed by atoms with Gasteiger partial charge in [0.2, 0.25) is 5.60 Å². The van der Waals surface area contributed by atoms with Gasteiger partial charge in [-0.2, -0.15) is 0 Å². The van der Waals surface area contributed by atoms with E-state index in [1.54, 1.807) is 58.5 Å². The predicted molar refractivity (Wildman–Crippen MR) is 100 cm³/mol. The third-order valence-electron chi connectivity index (χ3n) is 4.20. The molecule has 1 heterocycles. The molecule has 0 saturated carbocycles. The molecule has 0 unspecified atom stereocenters. The lowest BCUT2D eigenvalue weighted by Crippen LogP contribution is -2.39. The Balaban J connectivity index is 1.83. The molecule has 1 aromatic heterocycles. The van der Waals surface area contributed by atoms with Gasteiger partial charge in [-0.05, 0) is 18.1 Å². The normalized spacial score (nSPS) is 11.3. The zero-order valence-electron chi connectivity index (χ0n) is 14.3. The minimum Gasteiger partial charge on any atom is -0.461 e. The standard InChI is InChI=1S/C20H19NO4S/c1-15-14-26-19(23)21(15)12-13-25-18(22)20(24,16-8-4-2-5-9-16)17-10-6-3-7-11-17/h2-11,14,24H,12-13H2,1H3. The van der Waals surface area contributed by atoms with E-state index in [4.69, 9.17) is 4.74 Å². The Kier molecular flexibility index (Phi) is 5.35. The molecule has 0 saturated heterocycles. The fourth-order valence-electron chi connectivity index (χ4n) is 2.77. The van der Waals surface area contributed by atoms with Crippen molar-refractivity contribution in [2.45, 2.75) is 19.1 Å². The van der Waals surface area contributed by atoms with Crippen LogP contribution in [-0.4, -0.2) is 22.2 Å². The van der Waals surface area contributed by atoms with Gasteiger partial charge in [0.1, 0.15) is 6.61 Å². The molecular formula is C20H19NO4S. The molecule has 3 aromatic rings. The minimum atomic E-state index is -1.91. The Morgan fingerprint density at radius 3 is 2.08 bits per heavy atom. The van der Waals surface area contributed by atoms with Crippen molar-refractivity contribution in [2.75, 3.05) is 6.61 Å². The van der Waals surface area contributed by atoms with Crippen LogP contribution in [0.2, 0.25) is 0 Å². The molecule has 3 rings (SSSR count). The average molecular weight is 369 g/mol. The highest BCUT2D eigenvalue weighted by Gasteiger charge is 2.41. The van der Waals surface area contributed by atoms with Gasteiger partial charge in [0.15, 0.2) is 0 Å². The van der Waals surface area contributed by atoms with Crippen LogP contribution in [-0.2, 0) is 21.7 Å². The SMILES string of the molecule is Cc1csc(=O)n1CCOC(=O)C(O)(c1ccccc1)c1ccccc1. The molecule has 2 aromatic carbocycles. The first-order valence-corrected chi connectivity index (χ1v) is 9.07. The number of aromatic nitrogens is 1. The fraction of sp³-hybridized carbons (Fsp3) is 0.200. The Morgan fingerprint density at radius 1 is 1.08 bits per heavy atom. The maximum absolute atomic E-state index is 12.8. The van der Waals surface area contributed by atoms with Crippen LogP contribution in [0.4, 0.5) is 0 Å². The third kappa shape index (κ3) is 3.47. The number of benzene rings is 2. The lowest BCUT2D eigenvalue weighted by atomic mass is 9.86. The molecule has 0 radical (unpaired) electrons. The van der Waals surface area contributed by atoms with Crippen LogP contribution in [0.3, 0.4) is 0 Å². The Bertz CT molecular complexity index is 892. The summed E-state index contributed by atoms with van der Waals surface area (Å²) in [6.07, 6.45) is 0. The second-order valence-electron chi connectivity index (χ2n) is 5.87. The number of aryl methyl sites for hydroxylation is 1. The number of carbonyl (C=O) groups is 1. The largest absolute Gasteiger partial charge is 0.461 e. The summed E-state index contributed by atoms with van der Waals surface area (Å²) < 4.78 is 6.90. The van der Waals surface area contributed by atoms with Crippen LogP contribution in [0.5, 0.6) is 0 Å². The number of rotatable bonds is 6. The Morgan fingerprint density at radius 2 is 1.62 bits per heavy atom. The van der Waals surface area contributed by atoms with Crippen molar-refractivity contribution in [3.05, 3.63) is 92.5 Å². The van der Waals surface area contributed by atoms with Gasteiger partial charge in [0.05, 0.1) is 6.54 Å². The molecule has 0 aliphatic rings. The molecule has 5 nitrogen and oxygen atoms in total. The van der Waals surface area contributed by atoms with Crippen molar-refractivity contribution in [3.8, 4) is 0 Å². The highest BCUT2D eigenvalue weighted by molar-refractivity contribution is 7.07. The molecule has 0 aliphatic carbocycles. The van der Waals surface area contributed by atoms with Gasteiger partial charge in [-0.1, -0.05) is 72.0 Å². The van der Waals surface area contributed by atoms with Gasteiger partial charge in [-0.15, -0.1) is 0 Å². The van der Waals surface area contributed by atoms with E-state index < -0.39 is 11.6 Å². The topological polar surface area (TPSA) is 68.5 Å². The molecule has 1 N–H and O–H groups in total. The van der Waals surface area contributed by atoms with Gasteiger partial charge < -0.3 is 9.84 Å². The van der Waals surface area contributed by atoms with Crippen molar-refractivity contribution < 1.29 is 14.6 Å². The molecular weight excluding hydrogens is 350 g/mol. The van der Waals surface area contributed by atoms with Crippen molar-refractivity contribution in [2.24, 2.45) is 0 Å². The highest BCUT2D eigenvalue weighted by atomic mass is 32.1. The highest BCUT2D eigenvalue weighted by Crippen LogP contribution is 2.31. The molecule has 0 bridgehead atoms. The molecule has 0 aliphatic heterocycles. The quantitative estimate of drug-likeness (QED) is 0.679. The summed E-state index contributed by atoms with van der Waals surface area (Å²) >= 11 is 1.11. The van der Waals surface area contributed by atoms with E-state index in [0.29, 0.717) is 11.1 Å². The van der Waals surface area contributed by atoms with Gasteiger partial charge in [-0.25, -0.2) is 4.79 Å². The summed E-state index contributed by atoms with van der Waals surface area (Å²) in [5, 5.41) is 13.0. The number of nitrogens with zero attached hydrogens (tertiary/aromatic N) is 1. The first-order chi connectivity index (χ1) is 12.5. The number of esters is 1. The number of thiazole rings is 1. The summed E-state index contributed by atoms with van der Waals surface area (Å²) in [5.74, 6) is -0.768. The molecule has 0 amide bonds. The predicted octanol–water partition coefficient (Wildman–Crippen LogP) is 2.70. The second kappa shape index (κ2) is 7.68. The summed E-state index contributed by atoms with van der Waals surface area (Å²) in [5.41, 5.74) is -0.227. The summed E-state index contributed by atoms with van der Waals surface area (Å²) in [6.45, 7) is 2.07. The van der Waals surface area contributed by atoms with Crippen LogP contribution in [0, 0.1) is 6.92 Å². The van der Waals surface area contributed by atoms with Crippen LogP contribution in [0.1, 0.15) is 16.8 Å². The van der Waals surface area contributed by atoms with Crippen LogP contribution >= 0.6 is 11.3 Å². The number of carbonyl (C=O) groups excluding carboxylic acids is 1. The van der Waals surface area contributed by atoms with Crippen LogP contribution in [0.15, 0.2) is 70.8 Å². The van der Waals surface area contributed by atoms with Crippen molar-refractivity contribution >= 4 is 17.3 Å². The van der Waals surface area contributed by atoms with Crippen LogP contribution in [0.25, 0.3) is 0 Å². The maximum atomic E-state index is 12.8. The van der Waals surface area contributed by atoms with E-state index in [0.717, 1.165) is 17.0 Å². The summed E-state index contributed by atoms with van der Waals surface area (Å²) in [4.78, 5) is 24.5. The van der Waals surface area contributed by atoms with Gasteiger partial charge in [-0.3, -0.25) is 9.36 Å². The smallest absolute Gasteiger partial charge is 0.347 e. The zero-order valence-corrected chi connectivity index (χ0v) is 15.1. The number of aliphatic hydroxyl groups is 1. The Hall–Kier alpha value is -2.70. The van der Waals surface area contributed by atoms with Gasteiger partial charge in [0, 0.05) is 11.1 Å². The first kappa shape index (κ1) is 18.1. The molecule has 134 valence electrons. The summed E-state index contributed by atoms with van der Waals surface area (Å²) in [6, 6.07) is 17.4. The van der Waals surface area contributed by atoms with E-state index in [1.165, 1.54) is 0 Å². The van der Waals surface area contributed by atoms with Crippen molar-refractivity contribution in [1.29, 1.82) is 0 Å². The van der Waals surface area contributed by atoms with Gasteiger partial charge >= 0.3 is 10.8 Å². The first-order valence-electron chi connectivity index (χ1n) is 8.19. The fourth-order valence-corrected chi connectivity index (χ4v) is 3.53. The summed E-state index contributed by atoms with van der Waals surface area (Å²) in [7, 11) is 0. The number of hydrogen-bond donors (Lipinski definition) is 1. The van der Waals surface area contributed by atoms with Crippen molar-refractivity contribution in [3.63, 3.8) is 0 Å². The molecule has 6 heteroatoms. The van der Waals surface area contributed by atoms with E-state index in [1.807, 2.05) is 19.1 Å². The minimum absolute atomic E-state index is 0.00170. The average Bonchev–Trinajstić information content (AvgIpc) is 3.00. The van der Waals surface area contributed by atoms with Crippen molar-refractivity contribution in [1.82, 2.24) is 4.57 Å². The molecule has 26 heavy (non-hydrogen) atoms. The third-order valence-corrected chi connectivity index (χ3v) is 5.08. The molecule has 0 spiro atoms. The number of ether oxygens (including phenoxy) is 1. The van der Waals surface area contributed by atoms with Crippen LogP contribution < -0.4 is 4.87 Å². The van der Waals surface area contributed by atoms with Gasteiger partial charge in [0.25, 0.3) is 0 Å². The monoisotopic (exact) mass is 369 g/mol. The second-order valence-corrected chi connectivity index (χ2v) is 6.69.